The van der Waals surface area contributed by atoms with Gasteiger partial charge in [-0.05, 0) is 19.1 Å². The summed E-state index contributed by atoms with van der Waals surface area (Å²) in [6.45, 7) is 3.88. The molecule has 9 nitrogen and oxygen atoms in total. The van der Waals surface area contributed by atoms with Gasteiger partial charge in [0.05, 0.1) is 11.1 Å². The minimum Gasteiger partial charge on any atom is -0.326 e. The lowest BCUT2D eigenvalue weighted by Gasteiger charge is -2.20. The number of fused-ring (bicyclic) bond motifs is 1. The molecule has 0 saturated carbocycles. The van der Waals surface area contributed by atoms with E-state index in [-0.39, 0.29) is 24.3 Å². The summed E-state index contributed by atoms with van der Waals surface area (Å²) in [5.41, 5.74) is 1.74. The Hall–Kier alpha value is -2.75. The Labute approximate surface area is 154 Å². The molecule has 1 aliphatic rings. The van der Waals surface area contributed by atoms with Crippen molar-refractivity contribution in [1.29, 1.82) is 0 Å². The minimum absolute atomic E-state index is 0.175. The summed E-state index contributed by atoms with van der Waals surface area (Å²) in [6.07, 6.45) is 0. The van der Waals surface area contributed by atoms with Crippen LogP contribution < -0.4 is 11.2 Å². The summed E-state index contributed by atoms with van der Waals surface area (Å²) < 4.78 is 3.71. The highest BCUT2D eigenvalue weighted by Crippen LogP contribution is 2.23. The first-order valence-electron chi connectivity index (χ1n) is 7.70. The average Bonchev–Trinajstić information content (AvgIpc) is 3.18. The van der Waals surface area contributed by atoms with E-state index in [2.05, 4.69) is 25.9 Å². The van der Waals surface area contributed by atoms with Crippen LogP contribution in [-0.4, -0.2) is 44.5 Å². The third-order valence-electron chi connectivity index (χ3n) is 3.85. The zero-order valence-electron chi connectivity index (χ0n) is 14.2. The summed E-state index contributed by atoms with van der Waals surface area (Å²) >= 11 is 5.67. The first-order chi connectivity index (χ1) is 12.5. The quantitative estimate of drug-likeness (QED) is 0.278. The van der Waals surface area contributed by atoms with Gasteiger partial charge in [-0.3, -0.25) is 19.6 Å². The molecule has 1 aromatic carbocycles. The number of anilines is 1. The van der Waals surface area contributed by atoms with Gasteiger partial charge in [0.2, 0.25) is 0 Å². The largest absolute Gasteiger partial charge is 0.326 e. The first kappa shape index (κ1) is 19.6. The maximum atomic E-state index is 12.4. The molecule has 5 N–H and O–H groups in total. The zero-order chi connectivity index (χ0) is 19.3. The highest BCUT2D eigenvalue weighted by molar-refractivity contribution is 6.23. The number of H-pyrrole nitrogens is 1. The fourth-order valence-electron chi connectivity index (χ4n) is 2.61. The van der Waals surface area contributed by atoms with Crippen molar-refractivity contribution in [2.45, 2.75) is 13.8 Å². The number of imide groups is 1. The third-order valence-corrected chi connectivity index (χ3v) is 4.04. The molecule has 1 aromatic heterocycles. The number of hydrogen-bond acceptors (Lipinski definition) is 6. The van der Waals surface area contributed by atoms with Crippen molar-refractivity contribution in [1.82, 2.24) is 15.1 Å². The van der Waals surface area contributed by atoms with Crippen LogP contribution in [0.1, 0.15) is 33.3 Å². The predicted molar refractivity (Wildman–Crippen MR) is 97.2 cm³/mol. The second-order valence-corrected chi connectivity index (χ2v) is 5.87. The fourth-order valence-corrected chi connectivity index (χ4v) is 2.82. The SMILES string of the molecule is Cc1cc(NC(=NCl)C(C)CN2C(=O)c3ccccc3C2=O)n[nH]1.NO. The lowest BCUT2D eigenvalue weighted by atomic mass is 10.1. The van der Waals surface area contributed by atoms with E-state index in [4.69, 9.17) is 17.0 Å². The van der Waals surface area contributed by atoms with Gasteiger partial charge in [0.25, 0.3) is 11.8 Å². The van der Waals surface area contributed by atoms with E-state index in [0.717, 1.165) is 5.69 Å². The van der Waals surface area contributed by atoms with E-state index < -0.39 is 0 Å². The van der Waals surface area contributed by atoms with Crippen LogP contribution in [0.3, 0.4) is 0 Å². The maximum Gasteiger partial charge on any atom is 0.261 e. The monoisotopic (exact) mass is 378 g/mol. The molecular weight excluding hydrogens is 360 g/mol. The predicted octanol–water partition coefficient (Wildman–Crippen LogP) is 1.95. The zero-order valence-corrected chi connectivity index (χ0v) is 15.0. The van der Waals surface area contributed by atoms with Gasteiger partial charge in [0.1, 0.15) is 5.84 Å². The van der Waals surface area contributed by atoms with E-state index in [0.29, 0.717) is 22.8 Å². The number of amides is 2. The van der Waals surface area contributed by atoms with Gasteiger partial charge < -0.3 is 10.5 Å². The lowest BCUT2D eigenvalue weighted by Crippen LogP contribution is -2.38. The van der Waals surface area contributed by atoms with Crippen molar-refractivity contribution in [3.05, 3.63) is 47.2 Å². The Kier molecular flexibility index (Phi) is 6.45. The summed E-state index contributed by atoms with van der Waals surface area (Å²) in [7, 11) is 0. The molecule has 0 spiro atoms. The number of nitrogens with one attached hydrogen (secondary N) is 2. The van der Waals surface area contributed by atoms with Gasteiger partial charge in [0, 0.05) is 36.0 Å². The Balaban J connectivity index is 0.00000117. The Morgan fingerprint density at radius 3 is 2.38 bits per heavy atom. The Morgan fingerprint density at radius 2 is 1.92 bits per heavy atom. The molecular formula is C16H19ClN6O3. The Bertz CT molecular complexity index is 800. The van der Waals surface area contributed by atoms with Crippen LogP contribution in [0.15, 0.2) is 34.8 Å². The molecule has 1 unspecified atom stereocenters. The van der Waals surface area contributed by atoms with E-state index >= 15 is 0 Å². The standard InChI is InChI=1S/C16H16ClN5O2.H3NO/c1-9(14(19-17)18-13-7-10(2)20-21-13)8-22-15(23)11-5-3-4-6-12(11)16(22)24;1-2/h3-7,9H,8H2,1-2H3,(H2,18,19,20,21);2H,1H2. The lowest BCUT2D eigenvalue weighted by molar-refractivity contribution is 0.0645. The van der Waals surface area contributed by atoms with Crippen molar-refractivity contribution in [2.24, 2.45) is 16.3 Å². The highest BCUT2D eigenvalue weighted by Gasteiger charge is 2.36. The molecule has 0 radical (unpaired) electrons. The number of aromatic nitrogens is 2. The van der Waals surface area contributed by atoms with E-state index in [9.17, 15) is 9.59 Å². The smallest absolute Gasteiger partial charge is 0.261 e. The van der Waals surface area contributed by atoms with Gasteiger partial charge >= 0.3 is 0 Å². The van der Waals surface area contributed by atoms with Crippen molar-refractivity contribution in [3.63, 3.8) is 0 Å². The molecule has 0 bridgehead atoms. The number of amidine groups is 1. The fraction of sp³-hybridized carbons (Fsp3) is 0.250. The third kappa shape index (κ3) is 3.90. The van der Waals surface area contributed by atoms with Crippen molar-refractivity contribution in [3.8, 4) is 0 Å². The molecule has 138 valence electrons. The summed E-state index contributed by atoms with van der Waals surface area (Å²) in [5.74, 6) is 3.63. The van der Waals surface area contributed by atoms with E-state index in [1.54, 1.807) is 30.3 Å². The molecule has 2 aromatic rings. The van der Waals surface area contributed by atoms with Crippen molar-refractivity contribution >= 4 is 35.2 Å². The molecule has 0 fully saturated rings. The number of aromatic amines is 1. The number of nitrogens with zero attached hydrogens (tertiary/aromatic N) is 3. The van der Waals surface area contributed by atoms with E-state index in [1.807, 2.05) is 13.8 Å². The van der Waals surface area contributed by atoms with Crippen LogP contribution in [0.25, 0.3) is 0 Å². The number of rotatable bonds is 4. The second-order valence-electron chi connectivity index (χ2n) is 5.70. The molecule has 10 heteroatoms. The van der Waals surface area contributed by atoms with Crippen molar-refractivity contribution < 1.29 is 14.8 Å². The van der Waals surface area contributed by atoms with Crippen LogP contribution in [0.4, 0.5) is 5.82 Å². The number of benzene rings is 1. The molecule has 2 heterocycles. The maximum absolute atomic E-state index is 12.4. The summed E-state index contributed by atoms with van der Waals surface area (Å²) in [5, 5.41) is 16.4. The van der Waals surface area contributed by atoms with Crippen molar-refractivity contribution in [2.75, 3.05) is 11.9 Å². The molecule has 3 rings (SSSR count). The molecule has 26 heavy (non-hydrogen) atoms. The second kappa shape index (κ2) is 8.56. The number of hydrogen-bond donors (Lipinski definition) is 4. The molecule has 0 aliphatic carbocycles. The highest BCUT2D eigenvalue weighted by atomic mass is 35.5. The number of aryl methyl sites for hydroxylation is 1. The van der Waals surface area contributed by atoms with Gasteiger partial charge in [-0.15, -0.1) is 0 Å². The van der Waals surface area contributed by atoms with Gasteiger partial charge in [-0.2, -0.15) is 9.61 Å². The van der Waals surface area contributed by atoms with Gasteiger partial charge in [-0.1, -0.05) is 19.1 Å². The van der Waals surface area contributed by atoms with Crippen LogP contribution in [0, 0.1) is 12.8 Å². The van der Waals surface area contributed by atoms with Crippen LogP contribution in [0.2, 0.25) is 0 Å². The van der Waals surface area contributed by atoms with Gasteiger partial charge in [0.15, 0.2) is 5.82 Å². The summed E-state index contributed by atoms with van der Waals surface area (Å²) in [6, 6.07) is 8.59. The van der Waals surface area contributed by atoms with Crippen LogP contribution in [0.5, 0.6) is 0 Å². The molecule has 0 saturated heterocycles. The molecule has 1 aliphatic heterocycles. The minimum atomic E-state index is -0.299. The number of carbonyl (C=O) groups excluding carboxylic acids is 2. The number of nitrogens with two attached hydrogens (primary N) is 1. The average molecular weight is 379 g/mol. The molecule has 2 amide bonds. The number of carbonyl (C=O) groups is 2. The first-order valence-corrected chi connectivity index (χ1v) is 8.04. The van der Waals surface area contributed by atoms with Gasteiger partial charge in [-0.25, -0.2) is 5.90 Å². The Morgan fingerprint density at radius 1 is 1.35 bits per heavy atom. The van der Waals surface area contributed by atoms with Crippen LogP contribution in [-0.2, 0) is 0 Å². The van der Waals surface area contributed by atoms with Crippen LogP contribution >= 0.6 is 11.8 Å². The molecule has 1 atom stereocenters. The number of halogens is 1. The normalized spacial score (nSPS) is 14.7. The van der Waals surface area contributed by atoms with E-state index in [1.165, 1.54) is 4.90 Å². The summed E-state index contributed by atoms with van der Waals surface area (Å²) in [4.78, 5) is 26.0. The topological polar surface area (TPSA) is 137 Å².